The van der Waals surface area contributed by atoms with E-state index in [2.05, 4.69) is 4.98 Å². The number of hydrogen-bond acceptors (Lipinski definition) is 5. The van der Waals surface area contributed by atoms with Crippen molar-refractivity contribution in [1.82, 2.24) is 9.88 Å². The maximum absolute atomic E-state index is 13.3. The zero-order valence-corrected chi connectivity index (χ0v) is 19.5. The lowest BCUT2D eigenvalue weighted by molar-refractivity contribution is 0.0962. The van der Waals surface area contributed by atoms with Crippen molar-refractivity contribution < 1.29 is 14.6 Å². The highest BCUT2D eigenvalue weighted by Gasteiger charge is 2.31. The number of ether oxygens (including phenoxy) is 1. The number of phenolic OH excluding ortho intramolecular Hbond substituents is 1. The zero-order valence-electron chi connectivity index (χ0n) is 19.5. The van der Waals surface area contributed by atoms with Crippen molar-refractivity contribution in [3.05, 3.63) is 51.3 Å². The van der Waals surface area contributed by atoms with E-state index in [-0.39, 0.29) is 18.2 Å². The van der Waals surface area contributed by atoms with Gasteiger partial charge < -0.3 is 14.7 Å². The fourth-order valence-electron chi connectivity index (χ4n) is 5.14. The Hall–Kier alpha value is -2.89. The van der Waals surface area contributed by atoms with E-state index in [1.54, 1.807) is 4.90 Å². The molecule has 0 atom stereocenters. The molecule has 1 aliphatic carbocycles. The maximum atomic E-state index is 13.3. The van der Waals surface area contributed by atoms with Crippen LogP contribution >= 0.6 is 0 Å². The number of nitrogens with zero attached hydrogens (tertiary/aromatic N) is 2. The number of ketones is 1. The minimum absolute atomic E-state index is 0.0316. The Kier molecular flexibility index (Phi) is 6.22. The lowest BCUT2D eigenvalue weighted by atomic mass is 9.90. The first-order chi connectivity index (χ1) is 15.3. The normalized spacial score (nSPS) is 16.0. The van der Waals surface area contributed by atoms with Crippen molar-refractivity contribution in [3.63, 3.8) is 0 Å². The van der Waals surface area contributed by atoms with Crippen LogP contribution < -0.4 is 4.74 Å². The first-order valence-corrected chi connectivity index (χ1v) is 11.7. The Bertz CT molecular complexity index is 1070. The van der Waals surface area contributed by atoms with Crippen LogP contribution in [0.2, 0.25) is 0 Å². The summed E-state index contributed by atoms with van der Waals surface area (Å²) in [4.78, 5) is 19.7. The lowest BCUT2D eigenvalue weighted by Gasteiger charge is -2.19. The van der Waals surface area contributed by atoms with Crippen molar-refractivity contribution in [2.45, 2.75) is 72.3 Å². The van der Waals surface area contributed by atoms with Crippen molar-refractivity contribution in [1.29, 1.82) is 5.41 Å². The Morgan fingerprint density at radius 2 is 1.97 bits per heavy atom. The number of fused-ring (bicyclic) bond motifs is 1. The summed E-state index contributed by atoms with van der Waals surface area (Å²) in [6.07, 6.45) is 5.14. The fourth-order valence-corrected chi connectivity index (χ4v) is 5.14. The van der Waals surface area contributed by atoms with Crippen molar-refractivity contribution in [2.24, 2.45) is 0 Å². The van der Waals surface area contributed by atoms with Crippen molar-refractivity contribution >= 4 is 11.6 Å². The third-order valence-electron chi connectivity index (χ3n) is 6.92. The van der Waals surface area contributed by atoms with E-state index in [9.17, 15) is 9.90 Å². The maximum Gasteiger partial charge on any atom is 0.182 e. The van der Waals surface area contributed by atoms with Gasteiger partial charge in [0.05, 0.1) is 18.8 Å². The Labute approximate surface area is 190 Å². The molecule has 6 heteroatoms. The predicted molar refractivity (Wildman–Crippen MR) is 125 cm³/mol. The van der Waals surface area contributed by atoms with Gasteiger partial charge in [0.1, 0.15) is 23.0 Å². The standard InChI is InChI=1S/C26H33N3O3/c1-5-17-11-19(12-20(24(17)31)18-9-7-8-10-18)22(30)14-29-13-21-15(3)25(32-6-2)16(4)28-23(21)26(29)27/h11-12,18,27,31H,5-10,13-14H2,1-4H3. The van der Waals surface area contributed by atoms with E-state index in [1.165, 1.54) is 12.8 Å². The fraction of sp³-hybridized carbons (Fsp3) is 0.500. The van der Waals surface area contributed by atoms with Crippen molar-refractivity contribution in [3.8, 4) is 11.5 Å². The van der Waals surface area contributed by atoms with Crippen LogP contribution in [0.5, 0.6) is 11.5 Å². The highest BCUT2D eigenvalue weighted by atomic mass is 16.5. The molecule has 1 aromatic heterocycles. The van der Waals surface area contributed by atoms with Crippen LogP contribution in [0.25, 0.3) is 0 Å². The number of amidine groups is 1. The SMILES string of the molecule is CCOc1c(C)nc2c(c1C)CN(CC(=O)c1cc(CC)c(O)c(C3CCCC3)c1)C2=N. The summed E-state index contributed by atoms with van der Waals surface area (Å²) >= 11 is 0. The molecule has 0 unspecified atom stereocenters. The van der Waals surface area contributed by atoms with Gasteiger partial charge in [0.2, 0.25) is 0 Å². The molecule has 1 fully saturated rings. The number of nitrogens with one attached hydrogen (secondary N) is 1. The number of hydrogen-bond donors (Lipinski definition) is 2. The summed E-state index contributed by atoms with van der Waals surface area (Å²) < 4.78 is 5.77. The monoisotopic (exact) mass is 435 g/mol. The lowest BCUT2D eigenvalue weighted by Crippen LogP contribution is -2.30. The van der Waals surface area contributed by atoms with Gasteiger partial charge in [-0.25, -0.2) is 4.98 Å². The molecule has 4 rings (SSSR count). The molecule has 0 saturated heterocycles. The third-order valence-corrected chi connectivity index (χ3v) is 6.92. The van der Waals surface area contributed by atoms with Crippen LogP contribution in [0, 0.1) is 19.3 Å². The van der Waals surface area contributed by atoms with Crippen LogP contribution in [-0.4, -0.2) is 39.8 Å². The molecular weight excluding hydrogens is 402 g/mol. The van der Waals surface area contributed by atoms with Gasteiger partial charge in [-0.1, -0.05) is 19.8 Å². The van der Waals surface area contributed by atoms with Crippen LogP contribution in [0.15, 0.2) is 12.1 Å². The number of aromatic hydroxyl groups is 1. The highest BCUT2D eigenvalue weighted by molar-refractivity contribution is 6.04. The molecule has 1 aliphatic heterocycles. The summed E-state index contributed by atoms with van der Waals surface area (Å²) in [5.74, 6) is 1.72. The van der Waals surface area contributed by atoms with Crippen molar-refractivity contribution in [2.75, 3.05) is 13.2 Å². The number of phenols is 1. The minimum atomic E-state index is -0.0316. The molecule has 0 spiro atoms. The molecule has 2 aromatic rings. The summed E-state index contributed by atoms with van der Waals surface area (Å²) in [6, 6.07) is 3.71. The number of carbonyl (C=O) groups is 1. The van der Waals surface area contributed by atoms with E-state index in [1.807, 2.05) is 39.8 Å². The Balaban J connectivity index is 1.60. The second kappa shape index (κ2) is 8.93. The van der Waals surface area contributed by atoms with Crippen LogP contribution in [0.3, 0.4) is 0 Å². The van der Waals surface area contributed by atoms with Crippen LogP contribution in [0.1, 0.15) is 89.4 Å². The quantitative estimate of drug-likeness (QED) is 0.595. The smallest absolute Gasteiger partial charge is 0.182 e. The van der Waals surface area contributed by atoms with Gasteiger partial charge in [-0.3, -0.25) is 10.2 Å². The van der Waals surface area contributed by atoms with Gasteiger partial charge in [-0.05, 0) is 69.2 Å². The first kappa shape index (κ1) is 22.3. The van der Waals surface area contributed by atoms with Gasteiger partial charge in [0, 0.05) is 23.2 Å². The molecular formula is C26H33N3O3. The second-order valence-electron chi connectivity index (χ2n) is 8.95. The Morgan fingerprint density at radius 3 is 2.62 bits per heavy atom. The average molecular weight is 436 g/mol. The zero-order chi connectivity index (χ0) is 23.0. The molecule has 0 radical (unpaired) electrons. The summed E-state index contributed by atoms with van der Waals surface area (Å²) in [5, 5.41) is 19.4. The summed E-state index contributed by atoms with van der Waals surface area (Å²) in [7, 11) is 0. The number of carbonyl (C=O) groups excluding carboxylic acids is 1. The number of aryl methyl sites for hydroxylation is 2. The van der Waals surface area contributed by atoms with Gasteiger partial charge in [0.25, 0.3) is 0 Å². The second-order valence-corrected chi connectivity index (χ2v) is 8.95. The van der Waals surface area contributed by atoms with E-state index >= 15 is 0 Å². The van der Waals surface area contributed by atoms with E-state index < -0.39 is 0 Å². The molecule has 1 aromatic carbocycles. The number of aromatic nitrogens is 1. The van der Waals surface area contributed by atoms with Crippen LogP contribution in [0.4, 0.5) is 0 Å². The number of benzene rings is 1. The molecule has 0 amide bonds. The van der Waals surface area contributed by atoms with E-state index in [4.69, 9.17) is 10.1 Å². The molecule has 2 aliphatic rings. The molecule has 6 nitrogen and oxygen atoms in total. The average Bonchev–Trinajstić information content (AvgIpc) is 3.41. The largest absolute Gasteiger partial charge is 0.507 e. The topological polar surface area (TPSA) is 86.5 Å². The molecule has 2 N–H and O–H groups in total. The number of rotatable bonds is 7. The van der Waals surface area contributed by atoms with Gasteiger partial charge in [0.15, 0.2) is 5.78 Å². The molecule has 0 bridgehead atoms. The van der Waals surface area contributed by atoms with E-state index in [0.717, 1.165) is 46.5 Å². The summed E-state index contributed by atoms with van der Waals surface area (Å²) in [6.45, 7) is 9.00. The summed E-state index contributed by atoms with van der Waals surface area (Å²) in [5.41, 5.74) is 5.74. The minimum Gasteiger partial charge on any atom is -0.507 e. The third kappa shape index (κ3) is 3.87. The van der Waals surface area contributed by atoms with Crippen LogP contribution in [-0.2, 0) is 13.0 Å². The van der Waals surface area contributed by atoms with Gasteiger partial charge in [-0.15, -0.1) is 0 Å². The molecule has 1 saturated carbocycles. The molecule has 32 heavy (non-hydrogen) atoms. The van der Waals surface area contributed by atoms with Gasteiger partial charge >= 0.3 is 0 Å². The molecule has 170 valence electrons. The highest BCUT2D eigenvalue weighted by Crippen LogP contribution is 2.41. The van der Waals surface area contributed by atoms with Gasteiger partial charge in [-0.2, -0.15) is 0 Å². The number of pyridine rings is 1. The number of Topliss-reactive ketones (excluding diaryl/α,β-unsaturated/α-hetero) is 1. The van der Waals surface area contributed by atoms with E-state index in [0.29, 0.717) is 42.5 Å². The predicted octanol–water partition coefficient (Wildman–Crippen LogP) is 5.05. The molecule has 2 heterocycles. The Morgan fingerprint density at radius 1 is 1.25 bits per heavy atom. The first-order valence-electron chi connectivity index (χ1n) is 11.7.